The molecule has 3 atom stereocenters. The van der Waals surface area contributed by atoms with Crippen LogP contribution >= 0.6 is 0 Å². The van der Waals surface area contributed by atoms with Gasteiger partial charge in [-0.1, -0.05) is 37.8 Å². The number of carbonyl (C=O) groups is 5. The molecule has 2 heterocycles. The zero-order valence-corrected chi connectivity index (χ0v) is 21.6. The summed E-state index contributed by atoms with van der Waals surface area (Å²) in [6.45, 7) is 4.37. The number of hydrogen-bond acceptors (Lipinski definition) is 7. The summed E-state index contributed by atoms with van der Waals surface area (Å²) in [4.78, 5) is 64.3. The van der Waals surface area contributed by atoms with Crippen molar-refractivity contribution in [2.45, 2.75) is 83.3 Å². The van der Waals surface area contributed by atoms with Crippen molar-refractivity contribution in [3.05, 3.63) is 35.4 Å². The molecular weight excluding hydrogens is 478 g/mol. The smallest absolute Gasteiger partial charge is 0.326 e. The fraction of sp³-hybridized carbons (Fsp3) is 0.593. The first-order chi connectivity index (χ1) is 17.8. The third kappa shape index (κ3) is 6.94. The van der Waals surface area contributed by atoms with Gasteiger partial charge in [-0.3, -0.25) is 29.4 Å². The third-order valence-corrected chi connectivity index (χ3v) is 6.97. The molecule has 0 aliphatic carbocycles. The molecule has 0 unspecified atom stereocenters. The highest BCUT2D eigenvalue weighted by Gasteiger charge is 2.37. The van der Waals surface area contributed by atoms with Gasteiger partial charge in [0, 0.05) is 13.1 Å². The Morgan fingerprint density at radius 1 is 1.05 bits per heavy atom. The average molecular weight is 516 g/mol. The summed E-state index contributed by atoms with van der Waals surface area (Å²) >= 11 is 0. The average Bonchev–Trinajstić information content (AvgIpc) is 3.47. The van der Waals surface area contributed by atoms with Crippen molar-refractivity contribution in [2.75, 3.05) is 19.7 Å². The summed E-state index contributed by atoms with van der Waals surface area (Å²) in [5, 5.41) is 12.4. The highest BCUT2D eigenvalue weighted by atomic mass is 16.5. The summed E-state index contributed by atoms with van der Waals surface area (Å²) in [5.74, 6) is -2.24. The van der Waals surface area contributed by atoms with E-state index in [4.69, 9.17) is 4.74 Å². The number of likely N-dealkylation sites (tertiary alicyclic amines) is 1. The van der Waals surface area contributed by atoms with Gasteiger partial charge in [-0.25, -0.2) is 4.79 Å². The van der Waals surface area contributed by atoms with Crippen LogP contribution in [0, 0.1) is 0 Å². The van der Waals surface area contributed by atoms with Crippen LogP contribution < -0.4 is 5.32 Å². The molecule has 0 bridgehead atoms. The first-order valence-corrected chi connectivity index (χ1v) is 13.2. The second-order valence-electron chi connectivity index (χ2n) is 9.58. The van der Waals surface area contributed by atoms with Gasteiger partial charge in [0.2, 0.25) is 5.91 Å². The Hall–Kier alpha value is -3.27. The van der Waals surface area contributed by atoms with Crippen molar-refractivity contribution < 1.29 is 33.8 Å². The maximum Gasteiger partial charge on any atom is 0.326 e. The number of nitrogens with zero attached hydrogens (tertiary/aromatic N) is 2. The predicted octanol–water partition coefficient (Wildman–Crippen LogP) is 2.61. The molecule has 0 aromatic heterocycles. The number of carboxylic acids is 1. The molecule has 37 heavy (non-hydrogen) atoms. The number of esters is 1. The van der Waals surface area contributed by atoms with Crippen LogP contribution in [0.2, 0.25) is 0 Å². The van der Waals surface area contributed by atoms with Crippen molar-refractivity contribution in [3.63, 3.8) is 0 Å². The molecule has 3 rings (SSSR count). The lowest BCUT2D eigenvalue weighted by molar-refractivity contribution is -0.150. The van der Waals surface area contributed by atoms with E-state index >= 15 is 0 Å². The Morgan fingerprint density at radius 2 is 1.68 bits per heavy atom. The predicted molar refractivity (Wildman–Crippen MR) is 135 cm³/mol. The highest BCUT2D eigenvalue weighted by Crippen LogP contribution is 2.23. The number of aliphatic carboxylic acids is 1. The number of amides is 3. The lowest BCUT2D eigenvalue weighted by atomic mass is 10.0. The van der Waals surface area contributed by atoms with Crippen LogP contribution in [0.1, 0.15) is 85.9 Å². The summed E-state index contributed by atoms with van der Waals surface area (Å²) in [7, 11) is 0. The Labute approximate surface area is 217 Å². The number of unbranched alkanes of at least 4 members (excludes halogenated alkanes) is 4. The van der Waals surface area contributed by atoms with E-state index in [9.17, 15) is 29.1 Å². The molecule has 0 spiro atoms. The summed E-state index contributed by atoms with van der Waals surface area (Å²) in [5.41, 5.74) is 0.918. The minimum atomic E-state index is -1.01. The molecule has 1 aromatic carbocycles. The number of fused-ring (bicyclic) bond motifs is 1. The lowest BCUT2D eigenvalue weighted by Gasteiger charge is -2.27. The van der Waals surface area contributed by atoms with Gasteiger partial charge in [-0.05, 0) is 51.7 Å². The van der Waals surface area contributed by atoms with Gasteiger partial charge < -0.3 is 14.7 Å². The maximum atomic E-state index is 12.8. The normalized spacial score (nSPS) is 18.6. The van der Waals surface area contributed by atoms with Crippen LogP contribution in [0.3, 0.4) is 0 Å². The number of ether oxygens (including phenoxy) is 1. The second-order valence-corrected chi connectivity index (χ2v) is 9.58. The quantitative estimate of drug-likeness (QED) is 0.219. The van der Waals surface area contributed by atoms with Crippen LogP contribution in [0.4, 0.5) is 0 Å². The van der Waals surface area contributed by atoms with E-state index in [0.717, 1.165) is 25.7 Å². The zero-order valence-electron chi connectivity index (χ0n) is 21.6. The molecule has 202 valence electrons. The molecule has 2 N–H and O–H groups in total. The van der Waals surface area contributed by atoms with E-state index in [1.54, 1.807) is 38.1 Å². The van der Waals surface area contributed by atoms with Crippen LogP contribution in [-0.4, -0.2) is 82.4 Å². The summed E-state index contributed by atoms with van der Waals surface area (Å²) in [6, 6.07) is 4.65. The van der Waals surface area contributed by atoms with E-state index in [0.29, 0.717) is 49.9 Å². The van der Waals surface area contributed by atoms with E-state index in [1.165, 1.54) is 9.80 Å². The molecule has 2 aliphatic rings. The van der Waals surface area contributed by atoms with Gasteiger partial charge >= 0.3 is 11.9 Å². The molecule has 0 radical (unpaired) electrons. The molecule has 1 aromatic rings. The number of carbonyl (C=O) groups excluding carboxylic acids is 4. The van der Waals surface area contributed by atoms with Gasteiger partial charge in [-0.15, -0.1) is 0 Å². The standard InChI is InChI=1S/C27H37N3O7/c1-3-37-27(36)21(28-18(2)23(31)29-17-11-15-22(29)26(34)35)14-7-5-4-6-10-16-30-24(32)19-12-8-9-13-20(19)25(30)33/h8-9,12-13,18,21-22,28H,3-7,10-11,14-17H2,1-2H3,(H,34,35)/t18-,21+,22-/m0/s1. The molecule has 0 saturated carbocycles. The molecule has 1 fully saturated rings. The maximum absolute atomic E-state index is 12.8. The fourth-order valence-electron chi connectivity index (χ4n) is 5.01. The van der Waals surface area contributed by atoms with Crippen LogP contribution in [0.25, 0.3) is 0 Å². The van der Waals surface area contributed by atoms with Gasteiger partial charge in [0.25, 0.3) is 11.8 Å². The van der Waals surface area contributed by atoms with Crippen LogP contribution in [0.15, 0.2) is 24.3 Å². The van der Waals surface area contributed by atoms with Crippen molar-refractivity contribution in [1.29, 1.82) is 0 Å². The number of benzene rings is 1. The highest BCUT2D eigenvalue weighted by molar-refractivity contribution is 6.21. The van der Waals surface area contributed by atoms with Gasteiger partial charge in [0.05, 0.1) is 23.8 Å². The van der Waals surface area contributed by atoms with E-state index in [-0.39, 0.29) is 24.3 Å². The lowest BCUT2D eigenvalue weighted by Crippen LogP contribution is -2.53. The van der Waals surface area contributed by atoms with Crippen molar-refractivity contribution in [2.24, 2.45) is 0 Å². The largest absolute Gasteiger partial charge is 0.480 e. The third-order valence-electron chi connectivity index (χ3n) is 6.97. The summed E-state index contributed by atoms with van der Waals surface area (Å²) in [6.07, 6.45) is 5.55. The number of carboxylic acid groups (broad SMARTS) is 1. The van der Waals surface area contributed by atoms with Crippen LogP contribution in [0.5, 0.6) is 0 Å². The van der Waals surface area contributed by atoms with Crippen molar-refractivity contribution in [1.82, 2.24) is 15.1 Å². The molecular formula is C27H37N3O7. The first kappa shape index (κ1) is 28.3. The number of imide groups is 1. The monoisotopic (exact) mass is 515 g/mol. The topological polar surface area (TPSA) is 133 Å². The number of nitrogens with one attached hydrogen (secondary N) is 1. The molecule has 3 amide bonds. The van der Waals surface area contributed by atoms with E-state index in [2.05, 4.69) is 5.32 Å². The Morgan fingerprint density at radius 3 is 2.30 bits per heavy atom. The van der Waals surface area contributed by atoms with Crippen molar-refractivity contribution >= 4 is 29.7 Å². The SMILES string of the molecule is CCOC(=O)[C@@H](CCCCCCCN1C(=O)c2ccccc2C1=O)N[C@@H](C)C(=O)N1CCC[C@H]1C(=O)O. The zero-order chi connectivity index (χ0) is 26.9. The summed E-state index contributed by atoms with van der Waals surface area (Å²) < 4.78 is 5.18. The Balaban J connectivity index is 1.40. The first-order valence-electron chi connectivity index (χ1n) is 13.2. The number of rotatable bonds is 14. The molecule has 10 nitrogen and oxygen atoms in total. The number of hydrogen-bond donors (Lipinski definition) is 2. The van der Waals surface area contributed by atoms with E-state index < -0.39 is 30.1 Å². The van der Waals surface area contributed by atoms with Crippen LogP contribution in [-0.2, 0) is 19.1 Å². The minimum Gasteiger partial charge on any atom is -0.480 e. The fourth-order valence-corrected chi connectivity index (χ4v) is 5.01. The molecule has 10 heteroatoms. The van der Waals surface area contributed by atoms with Gasteiger partial charge in [0.15, 0.2) is 0 Å². The Kier molecular flexibility index (Phi) is 10.2. The van der Waals surface area contributed by atoms with Crippen molar-refractivity contribution in [3.8, 4) is 0 Å². The molecule has 2 aliphatic heterocycles. The van der Waals surface area contributed by atoms with E-state index in [1.807, 2.05) is 0 Å². The molecule has 1 saturated heterocycles. The Bertz CT molecular complexity index is 976. The second kappa shape index (κ2) is 13.3. The van der Waals surface area contributed by atoms with Gasteiger partial charge in [0.1, 0.15) is 12.1 Å². The van der Waals surface area contributed by atoms with Gasteiger partial charge in [-0.2, -0.15) is 0 Å². The minimum absolute atomic E-state index is 0.227.